The van der Waals surface area contributed by atoms with Gasteiger partial charge < -0.3 is 15.8 Å². The van der Waals surface area contributed by atoms with Crippen molar-refractivity contribution >= 4 is 11.8 Å². The van der Waals surface area contributed by atoms with Crippen LogP contribution in [0.1, 0.15) is 38.5 Å². The van der Waals surface area contributed by atoms with E-state index in [1.807, 2.05) is 0 Å². The quantitative estimate of drug-likeness (QED) is 0.769. The van der Waals surface area contributed by atoms with E-state index in [-0.39, 0.29) is 17.7 Å². The summed E-state index contributed by atoms with van der Waals surface area (Å²) in [7, 11) is 0. The van der Waals surface area contributed by atoms with E-state index in [1.165, 1.54) is 6.42 Å². The number of hydrogen-bond acceptors (Lipinski definition) is 3. The zero-order valence-corrected chi connectivity index (χ0v) is 10.7. The van der Waals surface area contributed by atoms with Crippen LogP contribution in [0.15, 0.2) is 0 Å². The molecule has 1 saturated heterocycles. The first-order valence-electron chi connectivity index (χ1n) is 6.86. The number of primary amides is 1. The Balaban J connectivity index is 1.92. The normalized spacial score (nSPS) is 26.8. The molecule has 0 radical (unpaired) electrons. The highest BCUT2D eigenvalue weighted by Crippen LogP contribution is 2.26. The molecule has 1 aliphatic heterocycles. The summed E-state index contributed by atoms with van der Waals surface area (Å²) in [5.74, 6) is -0.394. The summed E-state index contributed by atoms with van der Waals surface area (Å²) < 4.78 is 5.19. The largest absolute Gasteiger partial charge is 0.381 e. The molecule has 0 aromatic rings. The molecule has 2 aliphatic rings. The Morgan fingerprint density at radius 3 is 2.44 bits per heavy atom. The van der Waals surface area contributed by atoms with Gasteiger partial charge in [-0.2, -0.15) is 0 Å². The fourth-order valence-electron chi connectivity index (χ4n) is 2.90. The molecule has 0 aromatic heterocycles. The Morgan fingerprint density at radius 1 is 1.17 bits per heavy atom. The van der Waals surface area contributed by atoms with Crippen LogP contribution in [0.5, 0.6) is 0 Å². The van der Waals surface area contributed by atoms with Crippen LogP contribution < -0.4 is 11.1 Å². The second-order valence-electron chi connectivity index (χ2n) is 5.35. The number of hydrogen-bond donors (Lipinski definition) is 2. The van der Waals surface area contributed by atoms with E-state index >= 15 is 0 Å². The summed E-state index contributed by atoms with van der Waals surface area (Å²) in [4.78, 5) is 23.5. The minimum atomic E-state index is -0.501. The number of nitrogens with two attached hydrogens (primary N) is 1. The van der Waals surface area contributed by atoms with E-state index in [9.17, 15) is 9.59 Å². The van der Waals surface area contributed by atoms with E-state index in [1.54, 1.807) is 0 Å². The highest BCUT2D eigenvalue weighted by Gasteiger charge is 2.32. The van der Waals surface area contributed by atoms with Gasteiger partial charge in [0.25, 0.3) is 0 Å². The molecule has 0 aromatic carbocycles. The van der Waals surface area contributed by atoms with Crippen molar-refractivity contribution in [3.05, 3.63) is 0 Å². The molecule has 5 heteroatoms. The highest BCUT2D eigenvalue weighted by molar-refractivity contribution is 5.87. The van der Waals surface area contributed by atoms with Crippen LogP contribution in [-0.2, 0) is 14.3 Å². The average Bonchev–Trinajstić information content (AvgIpc) is 2.90. The van der Waals surface area contributed by atoms with Crippen molar-refractivity contribution in [3.8, 4) is 0 Å². The Hall–Kier alpha value is -1.10. The lowest BCUT2D eigenvalue weighted by Crippen LogP contribution is -2.51. The molecule has 3 N–H and O–H groups in total. The molecule has 2 fully saturated rings. The Bertz CT molecular complexity index is 307. The fourth-order valence-corrected chi connectivity index (χ4v) is 2.90. The zero-order valence-electron chi connectivity index (χ0n) is 10.7. The first kappa shape index (κ1) is 13.3. The summed E-state index contributed by atoms with van der Waals surface area (Å²) in [5.41, 5.74) is 5.43. The number of ether oxygens (including phenoxy) is 1. The fraction of sp³-hybridized carbons (Fsp3) is 0.846. The van der Waals surface area contributed by atoms with E-state index < -0.39 is 11.9 Å². The Labute approximate surface area is 107 Å². The standard InChI is InChI=1S/C13H22N2O3/c14-12(16)11(9-4-2-1-3-5-9)15-13(17)10-6-7-18-8-10/h9-11H,1-8H2,(H2,14,16)(H,15,17)/t10-,11+/m1/s1. The van der Waals surface area contributed by atoms with Crippen molar-refractivity contribution in [3.63, 3.8) is 0 Å². The topological polar surface area (TPSA) is 81.4 Å². The molecule has 1 heterocycles. The van der Waals surface area contributed by atoms with Crippen molar-refractivity contribution in [2.75, 3.05) is 13.2 Å². The highest BCUT2D eigenvalue weighted by atomic mass is 16.5. The van der Waals surface area contributed by atoms with Gasteiger partial charge in [-0.3, -0.25) is 9.59 Å². The predicted octanol–water partition coefficient (Wildman–Crippen LogP) is 0.573. The first-order valence-corrected chi connectivity index (χ1v) is 6.86. The van der Waals surface area contributed by atoms with Crippen LogP contribution in [0.25, 0.3) is 0 Å². The van der Waals surface area contributed by atoms with Crippen LogP contribution in [0.4, 0.5) is 0 Å². The summed E-state index contributed by atoms with van der Waals surface area (Å²) >= 11 is 0. The van der Waals surface area contributed by atoms with Crippen molar-refractivity contribution < 1.29 is 14.3 Å². The number of carbonyl (C=O) groups is 2. The summed E-state index contributed by atoms with van der Waals surface area (Å²) in [5, 5.41) is 2.83. The molecule has 5 nitrogen and oxygen atoms in total. The van der Waals surface area contributed by atoms with Crippen molar-refractivity contribution in [2.45, 2.75) is 44.6 Å². The van der Waals surface area contributed by atoms with E-state index in [0.717, 1.165) is 32.1 Å². The second-order valence-corrected chi connectivity index (χ2v) is 5.35. The molecule has 1 aliphatic carbocycles. The van der Waals surface area contributed by atoms with Crippen LogP contribution in [0.3, 0.4) is 0 Å². The third-order valence-corrected chi connectivity index (χ3v) is 4.03. The molecule has 0 bridgehead atoms. The van der Waals surface area contributed by atoms with Crippen molar-refractivity contribution in [1.82, 2.24) is 5.32 Å². The molecule has 102 valence electrons. The maximum Gasteiger partial charge on any atom is 0.240 e. The van der Waals surface area contributed by atoms with Crippen LogP contribution in [0, 0.1) is 11.8 Å². The lowest BCUT2D eigenvalue weighted by molar-refractivity contribution is -0.131. The van der Waals surface area contributed by atoms with Gasteiger partial charge in [-0.1, -0.05) is 19.3 Å². The molecule has 2 rings (SSSR count). The molecule has 0 spiro atoms. The lowest BCUT2D eigenvalue weighted by Gasteiger charge is -2.29. The number of carbonyl (C=O) groups excluding carboxylic acids is 2. The van der Waals surface area contributed by atoms with Gasteiger partial charge in [0.05, 0.1) is 12.5 Å². The van der Waals surface area contributed by atoms with Gasteiger partial charge in [0.15, 0.2) is 0 Å². The Morgan fingerprint density at radius 2 is 1.89 bits per heavy atom. The number of nitrogens with one attached hydrogen (secondary N) is 1. The van der Waals surface area contributed by atoms with Crippen molar-refractivity contribution in [1.29, 1.82) is 0 Å². The van der Waals surface area contributed by atoms with E-state index in [4.69, 9.17) is 10.5 Å². The zero-order chi connectivity index (χ0) is 13.0. The van der Waals surface area contributed by atoms with Gasteiger partial charge in [0.1, 0.15) is 6.04 Å². The molecule has 18 heavy (non-hydrogen) atoms. The number of amides is 2. The monoisotopic (exact) mass is 254 g/mol. The van der Waals surface area contributed by atoms with Crippen LogP contribution >= 0.6 is 0 Å². The molecular weight excluding hydrogens is 232 g/mol. The smallest absolute Gasteiger partial charge is 0.240 e. The summed E-state index contributed by atoms with van der Waals surface area (Å²) in [6.45, 7) is 1.09. The van der Waals surface area contributed by atoms with Gasteiger partial charge >= 0.3 is 0 Å². The van der Waals surface area contributed by atoms with Gasteiger partial charge in [-0.15, -0.1) is 0 Å². The average molecular weight is 254 g/mol. The molecule has 1 saturated carbocycles. The van der Waals surface area contributed by atoms with Gasteiger partial charge in [-0.25, -0.2) is 0 Å². The predicted molar refractivity (Wildman–Crippen MR) is 66.6 cm³/mol. The molecule has 2 atom stereocenters. The second kappa shape index (κ2) is 6.18. The minimum absolute atomic E-state index is 0.0816. The SMILES string of the molecule is NC(=O)[C@@H](NC(=O)[C@@H]1CCOC1)C1CCCCC1. The maximum atomic E-state index is 12.0. The van der Waals surface area contributed by atoms with Crippen LogP contribution in [0.2, 0.25) is 0 Å². The van der Waals surface area contributed by atoms with Gasteiger partial charge in [0, 0.05) is 6.61 Å². The van der Waals surface area contributed by atoms with Crippen LogP contribution in [-0.4, -0.2) is 31.1 Å². The number of rotatable bonds is 4. The molecular formula is C13H22N2O3. The van der Waals surface area contributed by atoms with Gasteiger partial charge in [-0.05, 0) is 25.2 Å². The molecule has 0 unspecified atom stereocenters. The van der Waals surface area contributed by atoms with E-state index in [0.29, 0.717) is 13.2 Å². The summed E-state index contributed by atoms with van der Waals surface area (Å²) in [6, 6.07) is -0.501. The first-order chi connectivity index (χ1) is 8.68. The lowest BCUT2D eigenvalue weighted by atomic mass is 9.83. The maximum absolute atomic E-state index is 12.0. The Kier molecular flexibility index (Phi) is 4.58. The van der Waals surface area contributed by atoms with Gasteiger partial charge in [0.2, 0.25) is 11.8 Å². The van der Waals surface area contributed by atoms with E-state index in [2.05, 4.69) is 5.32 Å². The minimum Gasteiger partial charge on any atom is -0.381 e. The van der Waals surface area contributed by atoms with Crippen molar-refractivity contribution in [2.24, 2.45) is 17.6 Å². The molecule has 2 amide bonds. The third-order valence-electron chi connectivity index (χ3n) is 4.03. The summed E-state index contributed by atoms with van der Waals surface area (Å²) in [6.07, 6.45) is 6.16. The third kappa shape index (κ3) is 3.22.